The van der Waals surface area contributed by atoms with Gasteiger partial charge in [0.15, 0.2) is 17.1 Å². The monoisotopic (exact) mass is 413 g/mol. The Hall–Kier alpha value is -2.49. The molecule has 1 aromatic carbocycles. The van der Waals surface area contributed by atoms with E-state index in [-0.39, 0.29) is 11.5 Å². The third-order valence-electron chi connectivity index (χ3n) is 3.48. The zero-order valence-electron chi connectivity index (χ0n) is 13.3. The SMILES string of the molecule is COc1cc(CNc2ncnc3c2c(Br)nn3C)ccc1OC(F)F. The van der Waals surface area contributed by atoms with E-state index >= 15 is 0 Å². The Morgan fingerprint density at radius 3 is 2.80 bits per heavy atom. The molecule has 0 saturated carbocycles. The lowest BCUT2D eigenvalue weighted by molar-refractivity contribution is -0.0512. The second kappa shape index (κ2) is 7.18. The third-order valence-corrected chi connectivity index (χ3v) is 4.04. The molecular formula is C15H14BrF2N5O2. The molecule has 0 radical (unpaired) electrons. The topological polar surface area (TPSA) is 74.1 Å². The number of nitrogens with zero attached hydrogens (tertiary/aromatic N) is 4. The molecule has 132 valence electrons. The Balaban J connectivity index is 1.82. The van der Waals surface area contributed by atoms with E-state index < -0.39 is 6.61 Å². The van der Waals surface area contributed by atoms with Gasteiger partial charge in [-0.2, -0.15) is 13.9 Å². The van der Waals surface area contributed by atoms with Gasteiger partial charge in [0, 0.05) is 13.6 Å². The molecule has 7 nitrogen and oxygen atoms in total. The van der Waals surface area contributed by atoms with Gasteiger partial charge in [0.25, 0.3) is 0 Å². The van der Waals surface area contributed by atoms with E-state index in [2.05, 4.69) is 41.1 Å². The van der Waals surface area contributed by atoms with E-state index in [1.54, 1.807) is 23.9 Å². The van der Waals surface area contributed by atoms with Crippen molar-refractivity contribution in [2.24, 2.45) is 7.05 Å². The van der Waals surface area contributed by atoms with Crippen molar-refractivity contribution in [3.8, 4) is 11.5 Å². The number of aromatic nitrogens is 4. The number of fused-ring (bicyclic) bond motifs is 1. The van der Waals surface area contributed by atoms with Crippen LogP contribution in [0.25, 0.3) is 11.0 Å². The Bertz CT molecular complexity index is 903. The van der Waals surface area contributed by atoms with Gasteiger partial charge in [-0.05, 0) is 33.6 Å². The van der Waals surface area contributed by atoms with Crippen LogP contribution in [0.3, 0.4) is 0 Å². The third kappa shape index (κ3) is 3.63. The highest BCUT2D eigenvalue weighted by Crippen LogP contribution is 2.31. The highest BCUT2D eigenvalue weighted by molar-refractivity contribution is 9.10. The molecule has 0 bridgehead atoms. The summed E-state index contributed by atoms with van der Waals surface area (Å²) in [4.78, 5) is 8.43. The molecule has 0 atom stereocenters. The number of benzene rings is 1. The van der Waals surface area contributed by atoms with Crippen molar-refractivity contribution in [2.75, 3.05) is 12.4 Å². The first-order valence-corrected chi connectivity index (χ1v) is 7.97. The number of hydrogen-bond acceptors (Lipinski definition) is 6. The van der Waals surface area contributed by atoms with E-state index in [1.807, 2.05) is 0 Å². The van der Waals surface area contributed by atoms with Crippen LogP contribution in [-0.4, -0.2) is 33.5 Å². The van der Waals surface area contributed by atoms with Gasteiger partial charge < -0.3 is 14.8 Å². The maximum absolute atomic E-state index is 12.4. The Labute approximate surface area is 150 Å². The summed E-state index contributed by atoms with van der Waals surface area (Å²) in [6.07, 6.45) is 1.44. The van der Waals surface area contributed by atoms with Crippen LogP contribution in [0.1, 0.15) is 5.56 Å². The highest BCUT2D eigenvalue weighted by Gasteiger charge is 2.14. The Morgan fingerprint density at radius 2 is 2.08 bits per heavy atom. The fraction of sp³-hybridized carbons (Fsp3) is 0.267. The number of alkyl halides is 2. The van der Waals surface area contributed by atoms with Crippen LogP contribution in [0.2, 0.25) is 0 Å². The molecule has 3 aromatic rings. The van der Waals surface area contributed by atoms with Crippen LogP contribution in [0.5, 0.6) is 11.5 Å². The summed E-state index contributed by atoms with van der Waals surface area (Å²) in [5.74, 6) is 0.826. The number of hydrogen-bond donors (Lipinski definition) is 1. The molecule has 2 aromatic heterocycles. The lowest BCUT2D eigenvalue weighted by Gasteiger charge is -2.12. The van der Waals surface area contributed by atoms with Crippen LogP contribution in [0.4, 0.5) is 14.6 Å². The molecule has 0 fully saturated rings. The number of aryl methyl sites for hydroxylation is 1. The second-order valence-corrected chi connectivity index (χ2v) is 5.80. The summed E-state index contributed by atoms with van der Waals surface area (Å²) in [6, 6.07) is 4.74. The van der Waals surface area contributed by atoms with E-state index in [4.69, 9.17) is 4.74 Å². The summed E-state index contributed by atoms with van der Waals surface area (Å²) >= 11 is 3.39. The fourth-order valence-electron chi connectivity index (χ4n) is 2.38. The quantitative estimate of drug-likeness (QED) is 0.667. The summed E-state index contributed by atoms with van der Waals surface area (Å²) in [6.45, 7) is -2.51. The van der Waals surface area contributed by atoms with Gasteiger partial charge >= 0.3 is 6.61 Å². The maximum atomic E-state index is 12.4. The molecule has 0 aliphatic rings. The van der Waals surface area contributed by atoms with Crippen molar-refractivity contribution < 1.29 is 18.3 Å². The molecule has 0 amide bonds. The highest BCUT2D eigenvalue weighted by atomic mass is 79.9. The van der Waals surface area contributed by atoms with E-state index in [0.717, 1.165) is 10.9 Å². The first-order chi connectivity index (χ1) is 12.0. The van der Waals surface area contributed by atoms with Crippen molar-refractivity contribution in [3.63, 3.8) is 0 Å². The van der Waals surface area contributed by atoms with Crippen molar-refractivity contribution >= 4 is 32.8 Å². The molecule has 0 saturated heterocycles. The van der Waals surface area contributed by atoms with Crippen molar-refractivity contribution in [1.29, 1.82) is 0 Å². The predicted molar refractivity (Wildman–Crippen MR) is 91.0 cm³/mol. The molecule has 0 spiro atoms. The largest absolute Gasteiger partial charge is 0.493 e. The lowest BCUT2D eigenvalue weighted by atomic mass is 10.2. The molecule has 1 N–H and O–H groups in total. The van der Waals surface area contributed by atoms with Crippen molar-refractivity contribution in [2.45, 2.75) is 13.2 Å². The predicted octanol–water partition coefficient (Wildman–Crippen LogP) is 3.35. The van der Waals surface area contributed by atoms with Crippen LogP contribution >= 0.6 is 15.9 Å². The number of rotatable bonds is 6. The normalized spacial score (nSPS) is 11.1. The van der Waals surface area contributed by atoms with Gasteiger partial charge in [0.2, 0.25) is 0 Å². The number of methoxy groups -OCH3 is 1. The standard InChI is InChI=1S/C15H14BrF2N5O2/c1-23-14-11(12(16)22-23)13(20-7-21-14)19-6-8-3-4-9(25-15(17)18)10(5-8)24-2/h3-5,7,15H,6H2,1-2H3,(H,19,20,21). The summed E-state index contributed by atoms with van der Waals surface area (Å²) < 4.78 is 36.5. The molecule has 2 heterocycles. The van der Waals surface area contributed by atoms with Gasteiger partial charge in [-0.15, -0.1) is 0 Å². The Kier molecular flexibility index (Phi) is 4.98. The van der Waals surface area contributed by atoms with Gasteiger partial charge in [-0.3, -0.25) is 0 Å². The Morgan fingerprint density at radius 1 is 1.28 bits per heavy atom. The molecule has 0 aliphatic heterocycles. The van der Waals surface area contributed by atoms with Crippen LogP contribution < -0.4 is 14.8 Å². The van der Waals surface area contributed by atoms with Gasteiger partial charge in [0.05, 0.1) is 12.5 Å². The molecule has 0 unspecified atom stereocenters. The van der Waals surface area contributed by atoms with Crippen LogP contribution in [0.15, 0.2) is 29.1 Å². The minimum absolute atomic E-state index is 0.0133. The second-order valence-electron chi connectivity index (χ2n) is 5.05. The fourth-order valence-corrected chi connectivity index (χ4v) is 2.98. The number of ether oxygens (including phenoxy) is 2. The average Bonchev–Trinajstić information content (AvgIpc) is 2.88. The first-order valence-electron chi connectivity index (χ1n) is 7.18. The van der Waals surface area contributed by atoms with Crippen molar-refractivity contribution in [1.82, 2.24) is 19.7 Å². The van der Waals surface area contributed by atoms with Gasteiger partial charge in [0.1, 0.15) is 16.7 Å². The summed E-state index contributed by atoms with van der Waals surface area (Å²) in [7, 11) is 3.18. The lowest BCUT2D eigenvalue weighted by Crippen LogP contribution is -2.06. The smallest absolute Gasteiger partial charge is 0.387 e. The minimum atomic E-state index is -2.91. The maximum Gasteiger partial charge on any atom is 0.387 e. The van der Waals surface area contributed by atoms with E-state index in [9.17, 15) is 8.78 Å². The first kappa shape index (κ1) is 17.3. The van der Waals surface area contributed by atoms with Crippen molar-refractivity contribution in [3.05, 3.63) is 34.7 Å². The average molecular weight is 414 g/mol. The molecule has 3 rings (SSSR count). The van der Waals surface area contributed by atoms with Gasteiger partial charge in [-0.25, -0.2) is 14.6 Å². The molecule has 0 aliphatic carbocycles. The van der Waals surface area contributed by atoms with E-state index in [1.165, 1.54) is 19.5 Å². The molecule has 25 heavy (non-hydrogen) atoms. The number of anilines is 1. The zero-order valence-corrected chi connectivity index (χ0v) is 14.9. The summed E-state index contributed by atoms with van der Waals surface area (Å²) in [5.41, 5.74) is 1.49. The molecular weight excluding hydrogens is 400 g/mol. The summed E-state index contributed by atoms with van der Waals surface area (Å²) in [5, 5.41) is 8.21. The van der Waals surface area contributed by atoms with Crippen LogP contribution in [0, 0.1) is 0 Å². The number of halogens is 3. The number of nitrogens with one attached hydrogen (secondary N) is 1. The van der Waals surface area contributed by atoms with Crippen LogP contribution in [-0.2, 0) is 13.6 Å². The van der Waals surface area contributed by atoms with Gasteiger partial charge in [-0.1, -0.05) is 6.07 Å². The minimum Gasteiger partial charge on any atom is -0.493 e. The van der Waals surface area contributed by atoms with E-state index in [0.29, 0.717) is 22.6 Å². The molecule has 10 heteroatoms. The zero-order chi connectivity index (χ0) is 18.0.